The molecule has 0 saturated carbocycles. The van der Waals surface area contributed by atoms with Gasteiger partial charge in [-0.1, -0.05) is 24.3 Å². The zero-order chi connectivity index (χ0) is 19.1. The highest BCUT2D eigenvalue weighted by Crippen LogP contribution is 2.21. The molecule has 1 heterocycles. The van der Waals surface area contributed by atoms with Crippen molar-refractivity contribution in [3.8, 4) is 17.2 Å². The van der Waals surface area contributed by atoms with Crippen LogP contribution in [-0.4, -0.2) is 50.7 Å². The molecule has 1 fully saturated rings. The van der Waals surface area contributed by atoms with Crippen LogP contribution >= 0.6 is 0 Å². The van der Waals surface area contributed by atoms with Crippen molar-refractivity contribution in [1.29, 1.82) is 5.26 Å². The van der Waals surface area contributed by atoms with Crippen molar-refractivity contribution in [2.75, 3.05) is 39.9 Å². The Labute approximate surface area is 160 Å². The zero-order valence-corrected chi connectivity index (χ0v) is 15.6. The van der Waals surface area contributed by atoms with E-state index in [1.165, 1.54) is 0 Å². The number of nitrogens with one attached hydrogen (secondary N) is 1. The normalized spacial score (nSPS) is 16.8. The fraction of sp³-hybridized carbons (Fsp3) is 0.364. The molecular formula is C22H25N3O2. The summed E-state index contributed by atoms with van der Waals surface area (Å²) in [6.07, 6.45) is 1.11. The van der Waals surface area contributed by atoms with Crippen molar-refractivity contribution < 1.29 is 9.53 Å². The molecule has 0 aliphatic carbocycles. The highest BCUT2D eigenvalue weighted by atomic mass is 16.5. The van der Waals surface area contributed by atoms with Crippen LogP contribution in [0.3, 0.4) is 0 Å². The number of nitriles is 1. The third-order valence-corrected chi connectivity index (χ3v) is 5.00. The largest absolute Gasteiger partial charge is 0.383 e. The van der Waals surface area contributed by atoms with E-state index in [0.717, 1.165) is 43.8 Å². The van der Waals surface area contributed by atoms with Crippen LogP contribution in [0.5, 0.6) is 0 Å². The number of hydrogen-bond acceptors (Lipinski definition) is 4. The van der Waals surface area contributed by atoms with Crippen molar-refractivity contribution >= 4 is 5.91 Å². The van der Waals surface area contributed by atoms with Gasteiger partial charge in [0.25, 0.3) is 5.91 Å². The Hall–Kier alpha value is -2.68. The molecule has 5 nitrogen and oxygen atoms in total. The second-order valence-electron chi connectivity index (χ2n) is 6.93. The lowest BCUT2D eigenvalue weighted by molar-refractivity contribution is 0.0946. The van der Waals surface area contributed by atoms with Crippen molar-refractivity contribution in [1.82, 2.24) is 10.2 Å². The molecule has 0 radical (unpaired) electrons. The zero-order valence-electron chi connectivity index (χ0n) is 15.6. The number of benzene rings is 2. The molecule has 1 amide bonds. The summed E-state index contributed by atoms with van der Waals surface area (Å²) >= 11 is 0. The van der Waals surface area contributed by atoms with E-state index in [-0.39, 0.29) is 5.91 Å². The molecular weight excluding hydrogens is 338 g/mol. The first kappa shape index (κ1) is 19.1. The number of nitrogens with zero attached hydrogens (tertiary/aromatic N) is 2. The average molecular weight is 363 g/mol. The van der Waals surface area contributed by atoms with Crippen LogP contribution in [0.4, 0.5) is 0 Å². The van der Waals surface area contributed by atoms with E-state index in [1.807, 2.05) is 36.4 Å². The van der Waals surface area contributed by atoms with Crippen molar-refractivity contribution in [2.45, 2.75) is 6.42 Å². The maximum absolute atomic E-state index is 12.6. The molecule has 1 atom stereocenters. The minimum absolute atomic E-state index is 0.0409. The molecule has 0 aromatic heterocycles. The summed E-state index contributed by atoms with van der Waals surface area (Å²) in [6, 6.07) is 17.1. The fourth-order valence-corrected chi connectivity index (χ4v) is 3.42. The summed E-state index contributed by atoms with van der Waals surface area (Å²) < 4.78 is 5.13. The number of likely N-dealkylation sites (tertiary alicyclic amines) is 1. The molecule has 5 heteroatoms. The first-order valence-corrected chi connectivity index (χ1v) is 9.29. The van der Waals surface area contributed by atoms with Crippen LogP contribution in [0.2, 0.25) is 0 Å². The van der Waals surface area contributed by atoms with Crippen LogP contribution in [0, 0.1) is 17.2 Å². The van der Waals surface area contributed by atoms with Crippen molar-refractivity contribution in [3.63, 3.8) is 0 Å². The second-order valence-corrected chi connectivity index (χ2v) is 6.93. The molecule has 2 aromatic carbocycles. The highest BCUT2D eigenvalue weighted by Gasteiger charge is 2.22. The summed E-state index contributed by atoms with van der Waals surface area (Å²) in [5, 5.41) is 12.0. The van der Waals surface area contributed by atoms with Gasteiger partial charge in [0.05, 0.1) is 18.2 Å². The lowest BCUT2D eigenvalue weighted by Crippen LogP contribution is -2.31. The van der Waals surface area contributed by atoms with Gasteiger partial charge in [-0.15, -0.1) is 0 Å². The van der Waals surface area contributed by atoms with Gasteiger partial charge < -0.3 is 15.0 Å². The number of hydrogen-bond donors (Lipinski definition) is 1. The molecule has 140 valence electrons. The van der Waals surface area contributed by atoms with Gasteiger partial charge in [0.1, 0.15) is 0 Å². The van der Waals surface area contributed by atoms with E-state index in [0.29, 0.717) is 23.6 Å². The van der Waals surface area contributed by atoms with Gasteiger partial charge >= 0.3 is 0 Å². The molecule has 0 bridgehead atoms. The summed E-state index contributed by atoms with van der Waals surface area (Å²) in [5.74, 6) is 0.452. The smallest absolute Gasteiger partial charge is 0.251 e. The first-order valence-electron chi connectivity index (χ1n) is 9.29. The topological polar surface area (TPSA) is 65.4 Å². The van der Waals surface area contributed by atoms with Crippen LogP contribution in [0.1, 0.15) is 22.3 Å². The minimum Gasteiger partial charge on any atom is -0.383 e. The van der Waals surface area contributed by atoms with Crippen LogP contribution in [0.25, 0.3) is 11.1 Å². The lowest BCUT2D eigenvalue weighted by Gasteiger charge is -2.15. The quantitative estimate of drug-likeness (QED) is 0.821. The maximum atomic E-state index is 12.6. The predicted octanol–water partition coefficient (Wildman–Crippen LogP) is 2.92. The Morgan fingerprint density at radius 3 is 2.81 bits per heavy atom. The number of rotatable bonds is 7. The molecule has 1 N–H and O–H groups in total. The summed E-state index contributed by atoms with van der Waals surface area (Å²) in [6.45, 7) is 4.48. The third-order valence-electron chi connectivity index (χ3n) is 5.00. The Morgan fingerprint density at radius 2 is 2.07 bits per heavy atom. The molecule has 0 unspecified atom stereocenters. The monoisotopic (exact) mass is 363 g/mol. The van der Waals surface area contributed by atoms with Gasteiger partial charge in [-0.2, -0.15) is 5.26 Å². The Morgan fingerprint density at radius 1 is 1.26 bits per heavy atom. The Bertz CT molecular complexity index is 811. The molecule has 1 aliphatic heterocycles. The van der Waals surface area contributed by atoms with Crippen LogP contribution in [-0.2, 0) is 4.74 Å². The summed E-state index contributed by atoms with van der Waals surface area (Å²) in [4.78, 5) is 14.9. The molecule has 2 aromatic rings. The van der Waals surface area contributed by atoms with E-state index in [9.17, 15) is 4.79 Å². The molecule has 3 rings (SSSR count). The number of methoxy groups -OCH3 is 1. The van der Waals surface area contributed by atoms with Gasteiger partial charge in [0.15, 0.2) is 0 Å². The second kappa shape index (κ2) is 9.31. The average Bonchev–Trinajstić information content (AvgIpc) is 3.18. The Kier molecular flexibility index (Phi) is 6.59. The highest BCUT2D eigenvalue weighted by molar-refractivity contribution is 5.95. The number of carbonyl (C=O) groups excluding carboxylic acids is 1. The van der Waals surface area contributed by atoms with Gasteiger partial charge in [-0.05, 0) is 54.3 Å². The van der Waals surface area contributed by atoms with Gasteiger partial charge in [0.2, 0.25) is 0 Å². The number of amides is 1. The standard InChI is InChI=1S/C22H25N3O2/c1-27-12-11-25-10-9-18(16-25)15-24-22(26)21-4-2-3-20(13-21)19-7-5-17(14-23)6-8-19/h2-8,13,18H,9-12,15-16H2,1H3,(H,24,26)/t18-/m1/s1. The molecule has 1 aliphatic rings. The third kappa shape index (κ3) is 5.16. The van der Waals surface area contributed by atoms with E-state index in [1.54, 1.807) is 19.2 Å². The predicted molar refractivity (Wildman–Crippen MR) is 105 cm³/mol. The fourth-order valence-electron chi connectivity index (χ4n) is 3.42. The number of carbonyl (C=O) groups is 1. The lowest BCUT2D eigenvalue weighted by atomic mass is 10.0. The van der Waals surface area contributed by atoms with Crippen LogP contribution in [0.15, 0.2) is 48.5 Å². The van der Waals surface area contributed by atoms with Crippen LogP contribution < -0.4 is 5.32 Å². The van der Waals surface area contributed by atoms with E-state index in [2.05, 4.69) is 16.3 Å². The van der Waals surface area contributed by atoms with Gasteiger partial charge in [0, 0.05) is 32.3 Å². The van der Waals surface area contributed by atoms with Gasteiger partial charge in [-0.3, -0.25) is 4.79 Å². The summed E-state index contributed by atoms with van der Waals surface area (Å²) in [5.41, 5.74) is 3.25. The molecule has 27 heavy (non-hydrogen) atoms. The summed E-state index contributed by atoms with van der Waals surface area (Å²) in [7, 11) is 1.72. The number of ether oxygens (including phenoxy) is 1. The van der Waals surface area contributed by atoms with E-state index < -0.39 is 0 Å². The Balaban J connectivity index is 1.57. The first-order chi connectivity index (χ1) is 13.2. The van der Waals surface area contributed by atoms with E-state index in [4.69, 9.17) is 10.00 Å². The molecule has 0 spiro atoms. The molecule has 1 saturated heterocycles. The maximum Gasteiger partial charge on any atom is 0.251 e. The minimum atomic E-state index is -0.0409. The SMILES string of the molecule is COCCN1CC[C@H](CNC(=O)c2cccc(-c3ccc(C#N)cc3)c2)C1. The van der Waals surface area contributed by atoms with E-state index >= 15 is 0 Å². The van der Waals surface area contributed by atoms with Gasteiger partial charge in [-0.25, -0.2) is 0 Å². The van der Waals surface area contributed by atoms with Crippen molar-refractivity contribution in [2.24, 2.45) is 5.92 Å². The van der Waals surface area contributed by atoms with Crippen molar-refractivity contribution in [3.05, 3.63) is 59.7 Å².